The van der Waals surface area contributed by atoms with Gasteiger partial charge in [0.05, 0.1) is 0 Å². The van der Waals surface area contributed by atoms with Crippen LogP contribution < -0.4 is 0 Å². The summed E-state index contributed by atoms with van der Waals surface area (Å²) in [5.74, 6) is 11.9. The molecule has 5 aliphatic carbocycles. The van der Waals surface area contributed by atoms with Gasteiger partial charge in [-0.1, -0.05) is 105 Å². The van der Waals surface area contributed by atoms with Gasteiger partial charge in [0.2, 0.25) is 0 Å². The third-order valence-electron chi connectivity index (χ3n) is 12.3. The molecule has 0 bridgehead atoms. The predicted molar refractivity (Wildman–Crippen MR) is 150 cm³/mol. The fourth-order valence-corrected chi connectivity index (χ4v) is 10.3. The molecule has 10 unspecified atom stereocenters. The van der Waals surface area contributed by atoms with Crippen molar-refractivity contribution in [2.45, 2.75) is 150 Å². The van der Waals surface area contributed by atoms with Crippen LogP contribution in [0, 0.1) is 65.1 Å². The highest BCUT2D eigenvalue weighted by molar-refractivity contribution is 4.97. The minimum Gasteiger partial charge on any atom is -0.0654 e. The van der Waals surface area contributed by atoms with Crippen molar-refractivity contribution in [2.24, 2.45) is 65.1 Å². The molecule has 0 amide bonds. The van der Waals surface area contributed by atoms with E-state index < -0.39 is 0 Å². The molecule has 5 aliphatic rings. The van der Waals surface area contributed by atoms with E-state index in [1.165, 1.54) is 64.2 Å². The van der Waals surface area contributed by atoms with E-state index in [-0.39, 0.29) is 0 Å². The summed E-state index contributed by atoms with van der Waals surface area (Å²) in [6.45, 7) is 12.3. The molecular weight excluding hydrogens is 408 g/mol. The summed E-state index contributed by atoms with van der Waals surface area (Å²) in [7, 11) is 0. The summed E-state index contributed by atoms with van der Waals surface area (Å²) in [5, 5.41) is 0. The van der Waals surface area contributed by atoms with Crippen molar-refractivity contribution in [1.82, 2.24) is 0 Å². The zero-order valence-electron chi connectivity index (χ0n) is 24.1. The van der Waals surface area contributed by atoms with Gasteiger partial charge in [0, 0.05) is 0 Å². The van der Waals surface area contributed by atoms with Gasteiger partial charge in [-0.2, -0.15) is 0 Å². The number of hydrogen-bond donors (Lipinski definition) is 0. The van der Waals surface area contributed by atoms with Gasteiger partial charge in [-0.3, -0.25) is 0 Å². The summed E-state index contributed by atoms with van der Waals surface area (Å²) >= 11 is 0. The van der Waals surface area contributed by atoms with E-state index in [2.05, 4.69) is 34.6 Å². The molecule has 0 aliphatic heterocycles. The van der Waals surface area contributed by atoms with E-state index in [9.17, 15) is 0 Å². The van der Waals surface area contributed by atoms with Crippen molar-refractivity contribution < 1.29 is 0 Å². The number of rotatable bonds is 6. The Hall–Kier alpha value is 0. The molecule has 0 heteroatoms. The van der Waals surface area contributed by atoms with Crippen molar-refractivity contribution >= 4 is 0 Å². The predicted octanol–water partition coefficient (Wildman–Crippen LogP) is 10.9. The fourth-order valence-electron chi connectivity index (χ4n) is 10.3. The van der Waals surface area contributed by atoms with Gasteiger partial charge in [-0.05, 0) is 110 Å². The summed E-state index contributed by atoms with van der Waals surface area (Å²) < 4.78 is 0. The summed E-state index contributed by atoms with van der Waals surface area (Å²) in [5.41, 5.74) is 0. The Kier molecular flexibility index (Phi) is 10.3. The second-order valence-electron chi connectivity index (χ2n) is 14.4. The average molecular weight is 471 g/mol. The zero-order chi connectivity index (χ0) is 24.1. The van der Waals surface area contributed by atoms with Gasteiger partial charge in [-0.25, -0.2) is 0 Å². The van der Waals surface area contributed by atoms with Gasteiger partial charge >= 0.3 is 0 Å². The van der Waals surface area contributed by atoms with Crippen molar-refractivity contribution in [3.05, 3.63) is 0 Å². The molecular formula is C34H62. The van der Waals surface area contributed by atoms with Crippen LogP contribution in [0.25, 0.3) is 0 Å². The molecule has 5 rings (SSSR count). The van der Waals surface area contributed by atoms with Gasteiger partial charge in [0.15, 0.2) is 0 Å². The second-order valence-corrected chi connectivity index (χ2v) is 14.4. The maximum Gasteiger partial charge on any atom is -0.0324 e. The van der Waals surface area contributed by atoms with Crippen molar-refractivity contribution in [3.8, 4) is 0 Å². The molecule has 0 aromatic rings. The highest BCUT2D eigenvalue weighted by atomic mass is 14.5. The van der Waals surface area contributed by atoms with E-state index in [0.29, 0.717) is 0 Å². The molecule has 5 saturated carbocycles. The normalized spacial score (nSPS) is 45.1. The summed E-state index contributed by atoms with van der Waals surface area (Å²) in [6, 6.07) is 0. The molecule has 0 N–H and O–H groups in total. The lowest BCUT2D eigenvalue weighted by Gasteiger charge is -2.47. The smallest absolute Gasteiger partial charge is 0.0324 e. The Morgan fingerprint density at radius 1 is 0.588 bits per heavy atom. The molecule has 0 aromatic heterocycles. The standard InChI is InChI=1S/C19H34.C15H28/c1-3-4-11-17-14(2)13-16-10-7-12-18(16)19(17)15-8-5-6-9-15;1-4-13-10-15(8-6-12(13)3)14-7-5-11(2)9-14/h14-19H,3-13H2,1-2H3;11-15H,4-10H2,1-3H3. The Bertz CT molecular complexity index is 573. The minimum atomic E-state index is 1.00. The topological polar surface area (TPSA) is 0 Å². The molecule has 198 valence electrons. The van der Waals surface area contributed by atoms with E-state index >= 15 is 0 Å². The van der Waals surface area contributed by atoms with E-state index in [0.717, 1.165) is 65.1 Å². The van der Waals surface area contributed by atoms with Crippen molar-refractivity contribution in [3.63, 3.8) is 0 Å². The average Bonchev–Trinajstić information content (AvgIpc) is 3.60. The van der Waals surface area contributed by atoms with Crippen LogP contribution in [0.4, 0.5) is 0 Å². The maximum absolute atomic E-state index is 2.59. The van der Waals surface area contributed by atoms with Crippen LogP contribution in [-0.4, -0.2) is 0 Å². The van der Waals surface area contributed by atoms with Crippen molar-refractivity contribution in [2.75, 3.05) is 0 Å². The first kappa shape index (κ1) is 27.0. The maximum atomic E-state index is 2.59. The monoisotopic (exact) mass is 470 g/mol. The second kappa shape index (κ2) is 13.0. The van der Waals surface area contributed by atoms with Crippen LogP contribution >= 0.6 is 0 Å². The SMILES string of the molecule is CCC1CC(C2CCC(C)C2)CCC1C.CCCCC1C(C)CC2CCCC2C1C1CCCC1. The van der Waals surface area contributed by atoms with Crippen LogP contribution in [0.5, 0.6) is 0 Å². The Labute approximate surface area is 215 Å². The van der Waals surface area contributed by atoms with E-state index in [1.54, 1.807) is 51.4 Å². The lowest BCUT2D eigenvalue weighted by atomic mass is 9.58. The summed E-state index contributed by atoms with van der Waals surface area (Å²) in [4.78, 5) is 0. The molecule has 0 heterocycles. The number of hydrogen-bond acceptors (Lipinski definition) is 0. The van der Waals surface area contributed by atoms with Gasteiger partial charge in [0.25, 0.3) is 0 Å². The van der Waals surface area contributed by atoms with Crippen LogP contribution in [0.3, 0.4) is 0 Å². The molecule has 0 saturated heterocycles. The van der Waals surface area contributed by atoms with E-state index in [4.69, 9.17) is 0 Å². The third kappa shape index (κ3) is 6.46. The largest absolute Gasteiger partial charge is 0.0654 e. The Morgan fingerprint density at radius 2 is 1.29 bits per heavy atom. The van der Waals surface area contributed by atoms with Gasteiger partial charge in [0.1, 0.15) is 0 Å². The third-order valence-corrected chi connectivity index (χ3v) is 12.3. The van der Waals surface area contributed by atoms with Gasteiger partial charge in [-0.15, -0.1) is 0 Å². The first-order valence-corrected chi connectivity index (χ1v) is 16.5. The Balaban J connectivity index is 0.000000166. The summed E-state index contributed by atoms with van der Waals surface area (Å²) in [6.07, 6.45) is 27.5. The molecule has 0 aromatic carbocycles. The quantitative estimate of drug-likeness (QED) is 0.362. The Morgan fingerprint density at radius 3 is 1.97 bits per heavy atom. The highest BCUT2D eigenvalue weighted by Gasteiger charge is 2.47. The molecule has 0 nitrogen and oxygen atoms in total. The molecule has 0 radical (unpaired) electrons. The van der Waals surface area contributed by atoms with Crippen LogP contribution in [0.15, 0.2) is 0 Å². The molecule has 34 heavy (non-hydrogen) atoms. The number of fused-ring (bicyclic) bond motifs is 1. The molecule has 0 spiro atoms. The van der Waals surface area contributed by atoms with Crippen LogP contribution in [-0.2, 0) is 0 Å². The first-order valence-electron chi connectivity index (χ1n) is 16.5. The lowest BCUT2D eigenvalue weighted by molar-refractivity contribution is 0.0160. The van der Waals surface area contributed by atoms with Gasteiger partial charge < -0.3 is 0 Å². The van der Waals surface area contributed by atoms with Crippen LogP contribution in [0.1, 0.15) is 150 Å². The zero-order valence-corrected chi connectivity index (χ0v) is 24.1. The minimum absolute atomic E-state index is 1.00. The van der Waals surface area contributed by atoms with Crippen LogP contribution in [0.2, 0.25) is 0 Å². The fraction of sp³-hybridized carbons (Fsp3) is 1.00. The van der Waals surface area contributed by atoms with E-state index in [1.807, 2.05) is 0 Å². The lowest BCUT2D eigenvalue weighted by Crippen LogP contribution is -2.40. The number of unbranched alkanes of at least 4 members (excludes halogenated alkanes) is 1. The van der Waals surface area contributed by atoms with Crippen molar-refractivity contribution in [1.29, 1.82) is 0 Å². The first-order chi connectivity index (χ1) is 16.5. The highest BCUT2D eigenvalue weighted by Crippen LogP contribution is 2.56. The molecule has 10 atom stereocenters. The molecule has 5 fully saturated rings.